The van der Waals surface area contributed by atoms with Gasteiger partial charge in [0.2, 0.25) is 0 Å². The maximum Gasteiger partial charge on any atom is 0.293 e. The molecule has 0 atom stereocenters. The lowest BCUT2D eigenvalue weighted by atomic mass is 10.0. The first kappa shape index (κ1) is 21.0. The number of nitrogens with one attached hydrogen (secondary N) is 2. The number of hydrogen-bond donors (Lipinski definition) is 2. The van der Waals surface area contributed by atoms with Gasteiger partial charge in [-0.1, -0.05) is 48.5 Å². The van der Waals surface area contributed by atoms with Gasteiger partial charge in [0.15, 0.2) is 0 Å². The van der Waals surface area contributed by atoms with Gasteiger partial charge in [-0.25, -0.2) is 0 Å². The van der Waals surface area contributed by atoms with Gasteiger partial charge in [0.05, 0.1) is 11.5 Å². The van der Waals surface area contributed by atoms with Gasteiger partial charge < -0.3 is 15.4 Å². The van der Waals surface area contributed by atoms with Gasteiger partial charge in [-0.2, -0.15) is 0 Å². The zero-order valence-electron chi connectivity index (χ0n) is 16.6. The fraction of sp³-hybridized carbons (Fsp3) is 0.174. The predicted molar refractivity (Wildman–Crippen MR) is 117 cm³/mol. The lowest BCUT2D eigenvalue weighted by Gasteiger charge is -2.12. The Bertz CT molecular complexity index is 1020. The van der Waals surface area contributed by atoms with Crippen LogP contribution in [0.5, 0.6) is 0 Å². The van der Waals surface area contributed by atoms with E-state index in [0.29, 0.717) is 30.9 Å². The maximum atomic E-state index is 12.8. The molecule has 0 spiro atoms. The predicted octanol–water partition coefficient (Wildman–Crippen LogP) is 4.50. The monoisotopic (exact) mass is 405 g/mol. The highest BCUT2D eigenvalue weighted by atomic mass is 16.6. The van der Waals surface area contributed by atoms with E-state index in [1.54, 1.807) is 19.2 Å². The zero-order chi connectivity index (χ0) is 21.3. The number of hydrogen-bond acceptors (Lipinski definition) is 5. The molecule has 3 rings (SSSR count). The normalized spacial score (nSPS) is 10.4. The van der Waals surface area contributed by atoms with Crippen LogP contribution in [0.4, 0.5) is 17.1 Å². The maximum absolute atomic E-state index is 12.8. The second-order valence-electron chi connectivity index (χ2n) is 6.68. The zero-order valence-corrected chi connectivity index (χ0v) is 16.6. The summed E-state index contributed by atoms with van der Waals surface area (Å²) in [6, 6.07) is 21.9. The molecule has 2 N–H and O–H groups in total. The molecule has 0 bridgehead atoms. The van der Waals surface area contributed by atoms with Gasteiger partial charge in [-0.15, -0.1) is 0 Å². The second kappa shape index (κ2) is 10.2. The third kappa shape index (κ3) is 5.42. The number of anilines is 2. The van der Waals surface area contributed by atoms with Crippen LogP contribution < -0.4 is 10.6 Å². The first-order valence-corrected chi connectivity index (χ1v) is 9.53. The summed E-state index contributed by atoms with van der Waals surface area (Å²) in [5, 5.41) is 17.3. The number of ether oxygens (including phenoxy) is 1. The number of nitro benzene ring substituents is 1. The molecule has 154 valence electrons. The first-order chi connectivity index (χ1) is 14.6. The molecule has 30 heavy (non-hydrogen) atoms. The van der Waals surface area contributed by atoms with Gasteiger partial charge in [-0.05, 0) is 35.7 Å². The van der Waals surface area contributed by atoms with Crippen LogP contribution in [0, 0.1) is 10.1 Å². The number of rotatable bonds is 9. The van der Waals surface area contributed by atoms with Crippen LogP contribution in [-0.2, 0) is 11.2 Å². The van der Waals surface area contributed by atoms with Gasteiger partial charge in [0.1, 0.15) is 5.69 Å². The number of carbonyl (C=O) groups is 1. The standard InChI is InChI=1S/C23H23N3O4/c1-30-14-13-24-21-12-11-19(16-22(21)26(28)29)23(27)25-20-10-6-5-9-18(20)15-17-7-3-2-4-8-17/h2-12,16,24H,13-15H2,1H3,(H,25,27). The minimum atomic E-state index is -0.505. The summed E-state index contributed by atoms with van der Waals surface area (Å²) in [5.74, 6) is -0.401. The summed E-state index contributed by atoms with van der Waals surface area (Å²) in [4.78, 5) is 23.7. The smallest absolute Gasteiger partial charge is 0.293 e. The number of methoxy groups -OCH3 is 1. The van der Waals surface area contributed by atoms with Gasteiger partial charge >= 0.3 is 0 Å². The number of nitrogens with zero attached hydrogens (tertiary/aromatic N) is 1. The van der Waals surface area contributed by atoms with Crippen molar-refractivity contribution >= 4 is 23.0 Å². The molecule has 0 aliphatic rings. The average molecular weight is 405 g/mol. The Kier molecular flexibility index (Phi) is 7.13. The van der Waals surface area contributed by atoms with E-state index in [0.717, 1.165) is 11.1 Å². The van der Waals surface area contributed by atoms with E-state index in [1.165, 1.54) is 6.07 Å². The fourth-order valence-electron chi connectivity index (χ4n) is 3.07. The molecule has 0 fully saturated rings. The van der Waals surface area contributed by atoms with E-state index in [1.807, 2.05) is 54.6 Å². The lowest BCUT2D eigenvalue weighted by molar-refractivity contribution is -0.384. The molecule has 0 unspecified atom stereocenters. The molecule has 7 nitrogen and oxygen atoms in total. The molecule has 0 aliphatic heterocycles. The van der Waals surface area contributed by atoms with E-state index in [4.69, 9.17) is 4.74 Å². The van der Waals surface area contributed by atoms with Crippen molar-refractivity contribution in [2.75, 3.05) is 30.9 Å². The summed E-state index contributed by atoms with van der Waals surface area (Å²) in [6.07, 6.45) is 0.666. The Labute approximate surface area is 174 Å². The molecule has 0 aromatic heterocycles. The topological polar surface area (TPSA) is 93.5 Å². The molecular formula is C23H23N3O4. The Morgan fingerprint density at radius 2 is 1.73 bits per heavy atom. The number of amides is 1. The van der Waals surface area contributed by atoms with Crippen molar-refractivity contribution < 1.29 is 14.5 Å². The molecule has 0 saturated carbocycles. The highest BCUT2D eigenvalue weighted by Crippen LogP contribution is 2.26. The van der Waals surface area contributed by atoms with E-state index in [-0.39, 0.29) is 11.3 Å². The van der Waals surface area contributed by atoms with Crippen molar-refractivity contribution in [3.8, 4) is 0 Å². The van der Waals surface area contributed by atoms with Crippen LogP contribution in [0.25, 0.3) is 0 Å². The van der Waals surface area contributed by atoms with Gasteiger partial charge in [0.25, 0.3) is 11.6 Å². The Morgan fingerprint density at radius 3 is 2.47 bits per heavy atom. The molecular weight excluding hydrogens is 382 g/mol. The minimum Gasteiger partial charge on any atom is -0.383 e. The molecule has 0 saturated heterocycles. The summed E-state index contributed by atoms with van der Waals surface area (Å²) in [5.41, 5.74) is 3.17. The molecule has 3 aromatic carbocycles. The summed E-state index contributed by atoms with van der Waals surface area (Å²) < 4.78 is 4.95. The summed E-state index contributed by atoms with van der Waals surface area (Å²) >= 11 is 0. The lowest BCUT2D eigenvalue weighted by Crippen LogP contribution is -2.15. The molecule has 0 aliphatic carbocycles. The third-order valence-corrected chi connectivity index (χ3v) is 4.58. The number of carbonyl (C=O) groups excluding carboxylic acids is 1. The van der Waals surface area contributed by atoms with Crippen molar-refractivity contribution in [2.45, 2.75) is 6.42 Å². The van der Waals surface area contributed by atoms with Crippen molar-refractivity contribution in [2.24, 2.45) is 0 Å². The van der Waals surface area contributed by atoms with E-state index in [2.05, 4.69) is 10.6 Å². The van der Waals surface area contributed by atoms with Crippen LogP contribution >= 0.6 is 0 Å². The third-order valence-electron chi connectivity index (χ3n) is 4.58. The number of nitro groups is 1. The highest BCUT2D eigenvalue weighted by molar-refractivity contribution is 6.05. The van der Waals surface area contributed by atoms with Gasteiger partial charge in [-0.3, -0.25) is 14.9 Å². The average Bonchev–Trinajstić information content (AvgIpc) is 2.76. The Morgan fingerprint density at radius 1 is 1.00 bits per heavy atom. The van der Waals surface area contributed by atoms with Crippen LogP contribution in [0.3, 0.4) is 0 Å². The van der Waals surface area contributed by atoms with Crippen molar-refractivity contribution in [1.29, 1.82) is 0 Å². The molecule has 0 heterocycles. The molecule has 7 heteroatoms. The largest absolute Gasteiger partial charge is 0.383 e. The summed E-state index contributed by atoms with van der Waals surface area (Å²) in [7, 11) is 1.55. The minimum absolute atomic E-state index is 0.156. The van der Waals surface area contributed by atoms with Crippen LogP contribution in [0.2, 0.25) is 0 Å². The van der Waals surface area contributed by atoms with Crippen LogP contribution in [-0.4, -0.2) is 31.1 Å². The summed E-state index contributed by atoms with van der Waals surface area (Å²) in [6.45, 7) is 0.841. The van der Waals surface area contributed by atoms with E-state index >= 15 is 0 Å². The van der Waals surface area contributed by atoms with Crippen molar-refractivity contribution in [1.82, 2.24) is 0 Å². The van der Waals surface area contributed by atoms with E-state index in [9.17, 15) is 14.9 Å². The number of para-hydroxylation sites is 1. The van der Waals surface area contributed by atoms with Crippen molar-refractivity contribution in [3.05, 3.63) is 99.6 Å². The molecule has 1 amide bonds. The Hall–Kier alpha value is -3.71. The number of benzene rings is 3. The van der Waals surface area contributed by atoms with E-state index < -0.39 is 10.8 Å². The SMILES string of the molecule is COCCNc1ccc(C(=O)Nc2ccccc2Cc2ccccc2)cc1[N+](=O)[O-]. The Balaban J connectivity index is 1.79. The second-order valence-corrected chi connectivity index (χ2v) is 6.68. The quantitative estimate of drug-likeness (QED) is 0.311. The molecule has 0 radical (unpaired) electrons. The van der Waals surface area contributed by atoms with Crippen LogP contribution in [0.15, 0.2) is 72.8 Å². The first-order valence-electron chi connectivity index (χ1n) is 9.53. The fourth-order valence-corrected chi connectivity index (χ4v) is 3.07. The highest BCUT2D eigenvalue weighted by Gasteiger charge is 2.18. The van der Waals surface area contributed by atoms with Crippen LogP contribution in [0.1, 0.15) is 21.5 Å². The molecule has 3 aromatic rings. The van der Waals surface area contributed by atoms with Crippen molar-refractivity contribution in [3.63, 3.8) is 0 Å². The van der Waals surface area contributed by atoms with Gasteiger partial charge in [0, 0.05) is 31.0 Å².